The fraction of sp³-hybridized carbons (Fsp3) is 0.294. The Balaban J connectivity index is 2.23. The zero-order valence-corrected chi connectivity index (χ0v) is 12.3. The quantitative estimate of drug-likeness (QED) is 0.648. The third-order valence-corrected chi connectivity index (χ3v) is 3.42. The number of rotatable bonds is 5. The van der Waals surface area contributed by atoms with Crippen molar-refractivity contribution in [1.29, 1.82) is 0 Å². The lowest BCUT2D eigenvalue weighted by atomic mass is 9.97. The molecule has 0 heterocycles. The third kappa shape index (κ3) is 3.59. The van der Waals surface area contributed by atoms with Gasteiger partial charge in [-0.05, 0) is 43.5 Å². The van der Waals surface area contributed by atoms with Gasteiger partial charge in [0.25, 0.3) is 0 Å². The first-order valence-electron chi connectivity index (χ1n) is 6.79. The van der Waals surface area contributed by atoms with Crippen molar-refractivity contribution >= 4 is 0 Å². The van der Waals surface area contributed by atoms with Gasteiger partial charge in [0.1, 0.15) is 5.75 Å². The highest BCUT2D eigenvalue weighted by atomic mass is 16.5. The highest BCUT2D eigenvalue weighted by Gasteiger charge is 2.11. The van der Waals surface area contributed by atoms with Crippen LogP contribution in [0.2, 0.25) is 0 Å². The summed E-state index contributed by atoms with van der Waals surface area (Å²) in [5.41, 5.74) is 7.88. The van der Waals surface area contributed by atoms with E-state index in [0.717, 1.165) is 17.7 Å². The number of benzene rings is 2. The minimum absolute atomic E-state index is 0.0753. The summed E-state index contributed by atoms with van der Waals surface area (Å²) >= 11 is 0. The lowest BCUT2D eigenvalue weighted by molar-refractivity contribution is 0.413. The summed E-state index contributed by atoms with van der Waals surface area (Å²) in [6.07, 6.45) is 0.853. The van der Waals surface area contributed by atoms with E-state index in [9.17, 15) is 0 Å². The summed E-state index contributed by atoms with van der Waals surface area (Å²) in [4.78, 5) is 0. The SMILES string of the molecule is COc1cccc(C(Cc2cc(C)cc(C)c2)NN)c1. The summed E-state index contributed by atoms with van der Waals surface area (Å²) in [5, 5.41) is 0. The predicted octanol–water partition coefficient (Wildman–Crippen LogP) is 3.06. The minimum Gasteiger partial charge on any atom is -0.497 e. The molecule has 2 aromatic rings. The third-order valence-electron chi connectivity index (χ3n) is 3.42. The Morgan fingerprint density at radius 1 is 1.10 bits per heavy atom. The van der Waals surface area contributed by atoms with E-state index in [4.69, 9.17) is 10.6 Å². The van der Waals surface area contributed by atoms with Gasteiger partial charge in [0.2, 0.25) is 0 Å². The van der Waals surface area contributed by atoms with Crippen LogP contribution in [0.25, 0.3) is 0 Å². The molecule has 0 aliphatic carbocycles. The standard InChI is InChI=1S/C17H22N2O/c1-12-7-13(2)9-14(8-12)10-17(19-18)15-5-4-6-16(11-15)20-3/h4-9,11,17,19H,10,18H2,1-3H3. The Bertz CT molecular complexity index is 561. The van der Waals surface area contributed by atoms with Gasteiger partial charge in [-0.2, -0.15) is 0 Å². The van der Waals surface area contributed by atoms with Crippen molar-refractivity contribution in [3.63, 3.8) is 0 Å². The first kappa shape index (κ1) is 14.6. The molecule has 0 radical (unpaired) electrons. The molecule has 20 heavy (non-hydrogen) atoms. The van der Waals surface area contributed by atoms with Gasteiger partial charge in [-0.1, -0.05) is 41.5 Å². The van der Waals surface area contributed by atoms with Crippen LogP contribution < -0.4 is 16.0 Å². The summed E-state index contributed by atoms with van der Waals surface area (Å²) in [6.45, 7) is 4.24. The van der Waals surface area contributed by atoms with E-state index in [1.807, 2.05) is 18.2 Å². The maximum Gasteiger partial charge on any atom is 0.119 e. The van der Waals surface area contributed by atoms with Gasteiger partial charge in [-0.25, -0.2) is 0 Å². The van der Waals surface area contributed by atoms with E-state index >= 15 is 0 Å². The number of hydrogen-bond acceptors (Lipinski definition) is 3. The molecule has 1 atom stereocenters. The summed E-state index contributed by atoms with van der Waals surface area (Å²) in [7, 11) is 1.67. The second-order valence-corrected chi connectivity index (χ2v) is 5.20. The molecule has 0 saturated heterocycles. The minimum atomic E-state index is 0.0753. The Morgan fingerprint density at radius 2 is 1.80 bits per heavy atom. The van der Waals surface area contributed by atoms with Gasteiger partial charge in [0, 0.05) is 0 Å². The normalized spacial score (nSPS) is 12.2. The second kappa shape index (κ2) is 6.55. The van der Waals surface area contributed by atoms with Crippen LogP contribution in [-0.4, -0.2) is 7.11 Å². The van der Waals surface area contributed by atoms with E-state index < -0.39 is 0 Å². The highest BCUT2D eigenvalue weighted by molar-refractivity contribution is 5.33. The molecule has 0 saturated carbocycles. The molecule has 0 fully saturated rings. The number of nitrogens with two attached hydrogens (primary N) is 1. The topological polar surface area (TPSA) is 47.3 Å². The molecule has 1 unspecified atom stereocenters. The van der Waals surface area contributed by atoms with E-state index in [1.165, 1.54) is 16.7 Å². The van der Waals surface area contributed by atoms with Gasteiger partial charge >= 0.3 is 0 Å². The largest absolute Gasteiger partial charge is 0.497 e. The summed E-state index contributed by atoms with van der Waals surface area (Å²) in [5.74, 6) is 6.58. The molecule has 106 valence electrons. The molecule has 3 heteroatoms. The number of aryl methyl sites for hydroxylation is 2. The van der Waals surface area contributed by atoms with Crippen molar-refractivity contribution in [2.75, 3.05) is 7.11 Å². The van der Waals surface area contributed by atoms with Gasteiger partial charge in [-0.15, -0.1) is 0 Å². The van der Waals surface area contributed by atoms with Crippen LogP contribution in [0.4, 0.5) is 0 Å². The number of ether oxygens (including phenoxy) is 1. The first-order valence-corrected chi connectivity index (χ1v) is 6.79. The van der Waals surface area contributed by atoms with Crippen LogP contribution in [-0.2, 0) is 6.42 Å². The van der Waals surface area contributed by atoms with E-state index in [0.29, 0.717) is 0 Å². The smallest absolute Gasteiger partial charge is 0.119 e. The molecule has 2 aromatic carbocycles. The predicted molar refractivity (Wildman–Crippen MR) is 82.7 cm³/mol. The van der Waals surface area contributed by atoms with Gasteiger partial charge in [0.05, 0.1) is 13.2 Å². The van der Waals surface area contributed by atoms with Crippen molar-refractivity contribution in [3.8, 4) is 5.75 Å². The first-order chi connectivity index (χ1) is 9.62. The Morgan fingerprint density at radius 3 is 2.40 bits per heavy atom. The number of hydrogen-bond donors (Lipinski definition) is 2. The van der Waals surface area contributed by atoms with Gasteiger partial charge < -0.3 is 4.74 Å². The fourth-order valence-electron chi connectivity index (χ4n) is 2.55. The molecule has 2 rings (SSSR count). The molecular formula is C17H22N2O. The van der Waals surface area contributed by atoms with Gasteiger partial charge in [0.15, 0.2) is 0 Å². The molecular weight excluding hydrogens is 248 g/mol. The molecule has 0 bridgehead atoms. The Kier molecular flexibility index (Phi) is 4.77. The molecule has 0 aliphatic rings. The molecule has 0 aliphatic heterocycles. The summed E-state index contributed by atoms with van der Waals surface area (Å²) in [6, 6.07) is 14.7. The monoisotopic (exact) mass is 270 g/mol. The van der Waals surface area contributed by atoms with E-state index in [2.05, 4.69) is 43.5 Å². The average molecular weight is 270 g/mol. The average Bonchev–Trinajstić information content (AvgIpc) is 2.44. The van der Waals surface area contributed by atoms with Crippen LogP contribution >= 0.6 is 0 Å². The lowest BCUT2D eigenvalue weighted by Crippen LogP contribution is -2.29. The van der Waals surface area contributed by atoms with Crippen LogP contribution in [0, 0.1) is 13.8 Å². The Labute approximate surface area is 120 Å². The summed E-state index contributed by atoms with van der Waals surface area (Å²) < 4.78 is 5.27. The number of hydrazine groups is 1. The maximum atomic E-state index is 5.73. The fourth-order valence-corrected chi connectivity index (χ4v) is 2.55. The van der Waals surface area contributed by atoms with Crippen molar-refractivity contribution in [2.24, 2.45) is 5.84 Å². The molecule has 0 aromatic heterocycles. The van der Waals surface area contributed by atoms with Crippen molar-refractivity contribution < 1.29 is 4.74 Å². The van der Waals surface area contributed by atoms with Crippen molar-refractivity contribution in [1.82, 2.24) is 5.43 Å². The van der Waals surface area contributed by atoms with Crippen molar-refractivity contribution in [2.45, 2.75) is 26.3 Å². The lowest BCUT2D eigenvalue weighted by Gasteiger charge is -2.18. The van der Waals surface area contributed by atoms with Gasteiger partial charge in [-0.3, -0.25) is 11.3 Å². The second-order valence-electron chi connectivity index (χ2n) is 5.20. The van der Waals surface area contributed by atoms with Crippen molar-refractivity contribution in [3.05, 3.63) is 64.7 Å². The molecule has 3 nitrogen and oxygen atoms in total. The highest BCUT2D eigenvalue weighted by Crippen LogP contribution is 2.22. The zero-order chi connectivity index (χ0) is 14.5. The molecule has 0 spiro atoms. The van der Waals surface area contributed by atoms with E-state index in [-0.39, 0.29) is 6.04 Å². The van der Waals surface area contributed by atoms with E-state index in [1.54, 1.807) is 7.11 Å². The molecule has 3 N–H and O–H groups in total. The Hall–Kier alpha value is -1.84. The molecule has 0 amide bonds. The number of nitrogens with one attached hydrogen (secondary N) is 1. The zero-order valence-electron chi connectivity index (χ0n) is 12.3. The van der Waals surface area contributed by atoms with Crippen LogP contribution in [0.15, 0.2) is 42.5 Å². The maximum absolute atomic E-state index is 5.73. The van der Waals surface area contributed by atoms with Crippen LogP contribution in [0.5, 0.6) is 5.75 Å². The number of methoxy groups -OCH3 is 1. The van der Waals surface area contributed by atoms with Crippen LogP contribution in [0.1, 0.15) is 28.3 Å². The van der Waals surface area contributed by atoms with Crippen LogP contribution in [0.3, 0.4) is 0 Å².